The van der Waals surface area contributed by atoms with Crippen molar-refractivity contribution in [2.24, 2.45) is 0 Å². The van der Waals surface area contributed by atoms with E-state index in [4.69, 9.17) is 11.6 Å². The Kier molecular flexibility index (Phi) is 3.02. The second-order valence-corrected chi connectivity index (χ2v) is 3.91. The maximum atomic E-state index is 12.2. The summed E-state index contributed by atoms with van der Waals surface area (Å²) in [6, 6.07) is 9.09. The van der Waals surface area contributed by atoms with Crippen LogP contribution >= 0.6 is 11.6 Å². The maximum Gasteiger partial charge on any atom is 0.194 e. The number of ketones is 1. The first-order valence-corrected chi connectivity index (χ1v) is 5.28. The third-order valence-electron chi connectivity index (χ3n) is 2.41. The molecule has 0 unspecified atom stereocenters. The topological polar surface area (TPSA) is 30.0 Å². The molecule has 1 aromatic heterocycles. The predicted molar refractivity (Wildman–Crippen MR) is 63.9 cm³/mol. The number of aromatic nitrogens is 1. The van der Waals surface area contributed by atoms with Gasteiger partial charge in [0.2, 0.25) is 0 Å². The van der Waals surface area contributed by atoms with Crippen molar-refractivity contribution >= 4 is 17.4 Å². The van der Waals surface area contributed by atoms with Crippen LogP contribution in [0.25, 0.3) is 0 Å². The average molecular weight is 232 g/mol. The third-order valence-corrected chi connectivity index (χ3v) is 2.71. The minimum absolute atomic E-state index is 0.0644. The van der Waals surface area contributed by atoms with Gasteiger partial charge < -0.3 is 0 Å². The Morgan fingerprint density at radius 1 is 1.19 bits per heavy atom. The Balaban J connectivity index is 2.48. The van der Waals surface area contributed by atoms with Gasteiger partial charge in [-0.15, -0.1) is 0 Å². The van der Waals surface area contributed by atoms with E-state index in [0.29, 0.717) is 16.1 Å². The number of hydrogen-bond acceptors (Lipinski definition) is 2. The molecule has 1 heterocycles. The minimum atomic E-state index is -0.0644. The zero-order valence-electron chi connectivity index (χ0n) is 8.77. The molecule has 0 atom stereocenters. The Morgan fingerprint density at radius 3 is 2.62 bits per heavy atom. The van der Waals surface area contributed by atoms with Crippen LogP contribution in [-0.4, -0.2) is 10.8 Å². The van der Waals surface area contributed by atoms with Gasteiger partial charge in [-0.05, 0) is 18.6 Å². The number of hydrogen-bond donors (Lipinski definition) is 0. The van der Waals surface area contributed by atoms with Crippen molar-refractivity contribution in [2.75, 3.05) is 0 Å². The molecule has 2 aromatic rings. The first-order chi connectivity index (χ1) is 7.70. The lowest BCUT2D eigenvalue weighted by molar-refractivity contribution is 0.103. The van der Waals surface area contributed by atoms with Gasteiger partial charge in [0, 0.05) is 23.5 Å². The van der Waals surface area contributed by atoms with Crippen LogP contribution < -0.4 is 0 Å². The van der Waals surface area contributed by atoms with Crippen LogP contribution in [-0.2, 0) is 0 Å². The Labute approximate surface area is 98.9 Å². The van der Waals surface area contributed by atoms with Crippen LogP contribution in [0.15, 0.2) is 42.7 Å². The molecular weight excluding hydrogens is 222 g/mol. The molecule has 0 aliphatic rings. The summed E-state index contributed by atoms with van der Waals surface area (Å²) in [5.74, 6) is -0.0644. The van der Waals surface area contributed by atoms with Crippen LogP contribution in [0.1, 0.15) is 21.5 Å². The van der Waals surface area contributed by atoms with E-state index < -0.39 is 0 Å². The predicted octanol–water partition coefficient (Wildman–Crippen LogP) is 3.27. The first-order valence-electron chi connectivity index (χ1n) is 4.90. The van der Waals surface area contributed by atoms with Crippen molar-refractivity contribution in [1.29, 1.82) is 0 Å². The van der Waals surface area contributed by atoms with Gasteiger partial charge in [-0.2, -0.15) is 0 Å². The van der Waals surface area contributed by atoms with Crippen molar-refractivity contribution in [3.8, 4) is 0 Å². The SMILES string of the molecule is Cc1ccccc1C(=O)c1ccncc1Cl. The summed E-state index contributed by atoms with van der Waals surface area (Å²) in [4.78, 5) is 16.0. The molecule has 0 aliphatic heterocycles. The molecule has 3 heteroatoms. The van der Waals surface area contributed by atoms with Crippen molar-refractivity contribution in [1.82, 2.24) is 4.98 Å². The second kappa shape index (κ2) is 4.45. The zero-order valence-corrected chi connectivity index (χ0v) is 9.53. The molecule has 0 fully saturated rings. The number of pyridine rings is 1. The van der Waals surface area contributed by atoms with E-state index in [1.807, 2.05) is 25.1 Å². The number of nitrogens with zero attached hydrogens (tertiary/aromatic N) is 1. The van der Waals surface area contributed by atoms with E-state index >= 15 is 0 Å². The van der Waals surface area contributed by atoms with Crippen molar-refractivity contribution in [2.45, 2.75) is 6.92 Å². The molecule has 80 valence electrons. The van der Waals surface area contributed by atoms with Gasteiger partial charge in [-0.25, -0.2) is 0 Å². The van der Waals surface area contributed by atoms with Gasteiger partial charge in [0.15, 0.2) is 5.78 Å². The second-order valence-electron chi connectivity index (χ2n) is 3.50. The summed E-state index contributed by atoms with van der Waals surface area (Å²) in [6.45, 7) is 1.91. The molecule has 2 rings (SSSR count). The van der Waals surface area contributed by atoms with Gasteiger partial charge in [-0.3, -0.25) is 9.78 Å². The smallest absolute Gasteiger partial charge is 0.194 e. The van der Waals surface area contributed by atoms with Gasteiger partial charge in [0.25, 0.3) is 0 Å². The Morgan fingerprint density at radius 2 is 1.94 bits per heavy atom. The minimum Gasteiger partial charge on any atom is -0.289 e. The van der Waals surface area contributed by atoms with Crippen LogP contribution in [0.3, 0.4) is 0 Å². The molecular formula is C13H10ClNO. The molecule has 0 amide bonds. The van der Waals surface area contributed by atoms with Gasteiger partial charge in [0.05, 0.1) is 5.02 Å². The van der Waals surface area contributed by atoms with E-state index in [1.54, 1.807) is 18.3 Å². The number of benzene rings is 1. The van der Waals surface area contributed by atoms with Crippen LogP contribution in [0, 0.1) is 6.92 Å². The number of carbonyl (C=O) groups is 1. The summed E-state index contributed by atoms with van der Waals surface area (Å²) in [6.07, 6.45) is 3.05. The summed E-state index contributed by atoms with van der Waals surface area (Å²) < 4.78 is 0. The molecule has 2 nitrogen and oxygen atoms in total. The molecule has 0 saturated carbocycles. The third kappa shape index (κ3) is 1.97. The summed E-state index contributed by atoms with van der Waals surface area (Å²) in [5, 5.41) is 0.385. The molecule has 16 heavy (non-hydrogen) atoms. The number of rotatable bonds is 2. The monoisotopic (exact) mass is 231 g/mol. The van der Waals surface area contributed by atoms with Gasteiger partial charge >= 0.3 is 0 Å². The van der Waals surface area contributed by atoms with E-state index in [9.17, 15) is 4.79 Å². The summed E-state index contributed by atoms with van der Waals surface area (Å²) >= 11 is 5.94. The van der Waals surface area contributed by atoms with E-state index in [0.717, 1.165) is 5.56 Å². The summed E-state index contributed by atoms with van der Waals surface area (Å²) in [7, 11) is 0. The highest BCUT2D eigenvalue weighted by Crippen LogP contribution is 2.19. The van der Waals surface area contributed by atoms with Gasteiger partial charge in [-0.1, -0.05) is 35.9 Å². The normalized spacial score (nSPS) is 10.1. The lowest BCUT2D eigenvalue weighted by Gasteiger charge is -2.05. The lowest BCUT2D eigenvalue weighted by Crippen LogP contribution is -2.04. The van der Waals surface area contributed by atoms with Crippen LogP contribution in [0.5, 0.6) is 0 Å². The highest BCUT2D eigenvalue weighted by Gasteiger charge is 2.13. The standard InChI is InChI=1S/C13H10ClNO/c1-9-4-2-3-5-10(9)13(16)11-6-7-15-8-12(11)14/h2-8H,1H3. The van der Waals surface area contributed by atoms with E-state index in [1.165, 1.54) is 6.20 Å². The van der Waals surface area contributed by atoms with Crippen molar-refractivity contribution in [3.05, 3.63) is 64.4 Å². The summed E-state index contributed by atoms with van der Waals surface area (Å²) in [5.41, 5.74) is 2.11. The van der Waals surface area contributed by atoms with Crippen LogP contribution in [0.4, 0.5) is 0 Å². The van der Waals surface area contributed by atoms with Crippen molar-refractivity contribution in [3.63, 3.8) is 0 Å². The highest BCUT2D eigenvalue weighted by molar-refractivity contribution is 6.34. The Hall–Kier alpha value is -1.67. The van der Waals surface area contributed by atoms with E-state index in [2.05, 4.69) is 4.98 Å². The molecule has 0 saturated heterocycles. The lowest BCUT2D eigenvalue weighted by atomic mass is 10.00. The highest BCUT2D eigenvalue weighted by atomic mass is 35.5. The van der Waals surface area contributed by atoms with Crippen LogP contribution in [0.2, 0.25) is 5.02 Å². The Bertz CT molecular complexity index is 489. The molecule has 0 radical (unpaired) electrons. The largest absolute Gasteiger partial charge is 0.289 e. The molecule has 0 aliphatic carbocycles. The van der Waals surface area contributed by atoms with E-state index in [-0.39, 0.29) is 5.78 Å². The quantitative estimate of drug-likeness (QED) is 0.743. The molecule has 0 spiro atoms. The fourth-order valence-electron chi connectivity index (χ4n) is 1.53. The van der Waals surface area contributed by atoms with Crippen molar-refractivity contribution < 1.29 is 4.79 Å². The zero-order chi connectivity index (χ0) is 11.5. The molecule has 0 bridgehead atoms. The average Bonchev–Trinajstić information content (AvgIpc) is 2.29. The first kappa shape index (κ1) is 10.8. The fraction of sp³-hybridized carbons (Fsp3) is 0.0769. The fourth-order valence-corrected chi connectivity index (χ4v) is 1.74. The van der Waals surface area contributed by atoms with Gasteiger partial charge in [0.1, 0.15) is 0 Å². The maximum absolute atomic E-state index is 12.2. The number of aryl methyl sites for hydroxylation is 1. The number of halogens is 1. The molecule has 1 aromatic carbocycles. The number of carbonyl (C=O) groups excluding carboxylic acids is 1. The molecule has 0 N–H and O–H groups in total.